The van der Waals surface area contributed by atoms with E-state index in [0.717, 1.165) is 49.1 Å². The molecule has 1 aliphatic heterocycles. The fourth-order valence-corrected chi connectivity index (χ4v) is 4.91. The standard InChI is InChI=1S/C29H34F3N3O/c1-4-7-19(3)24(29(34)28-25(30)9-6-10-26(28)31)18-36-23-13-14-35(21(15-23)8-5-2)22-12-11-20(17-33)27(32)16-22/h6,9-12,16,21,23,34H,4-5,7-8,13-15,18H2,1-3H3/b24-19+,34-29?. The molecule has 0 aliphatic carbocycles. The van der Waals surface area contributed by atoms with E-state index in [9.17, 15) is 13.2 Å². The highest BCUT2D eigenvalue weighted by Gasteiger charge is 2.30. The molecule has 1 saturated heterocycles. The maximum absolute atomic E-state index is 14.4. The van der Waals surface area contributed by atoms with Crippen molar-refractivity contribution in [2.24, 2.45) is 0 Å². The number of nitriles is 1. The zero-order valence-corrected chi connectivity index (χ0v) is 21.2. The number of halogens is 3. The molecule has 0 aromatic heterocycles. The Labute approximate surface area is 211 Å². The van der Waals surface area contributed by atoms with Gasteiger partial charge in [0.15, 0.2) is 0 Å². The Morgan fingerprint density at radius 3 is 2.44 bits per heavy atom. The number of allylic oxidation sites excluding steroid dienone is 1. The molecule has 1 fully saturated rings. The highest BCUT2D eigenvalue weighted by atomic mass is 19.1. The van der Waals surface area contributed by atoms with E-state index in [4.69, 9.17) is 15.4 Å². The van der Waals surface area contributed by atoms with Crippen LogP contribution in [0, 0.1) is 34.2 Å². The average Bonchev–Trinajstić information content (AvgIpc) is 2.84. The van der Waals surface area contributed by atoms with Gasteiger partial charge in [0.1, 0.15) is 23.5 Å². The lowest BCUT2D eigenvalue weighted by Crippen LogP contribution is -2.45. The second kappa shape index (κ2) is 12.7. The van der Waals surface area contributed by atoms with E-state index in [1.807, 2.05) is 19.9 Å². The van der Waals surface area contributed by atoms with Crippen LogP contribution < -0.4 is 4.90 Å². The van der Waals surface area contributed by atoms with Gasteiger partial charge in [-0.3, -0.25) is 5.41 Å². The molecule has 0 amide bonds. The number of hydrogen-bond acceptors (Lipinski definition) is 4. The lowest BCUT2D eigenvalue weighted by molar-refractivity contribution is 0.0426. The molecule has 1 N–H and O–H groups in total. The van der Waals surface area contributed by atoms with Gasteiger partial charge in [-0.05, 0) is 62.9 Å². The number of nitrogens with zero attached hydrogens (tertiary/aromatic N) is 2. The van der Waals surface area contributed by atoms with Crippen molar-refractivity contribution in [2.75, 3.05) is 18.1 Å². The first-order valence-electron chi connectivity index (χ1n) is 12.6. The second-order valence-electron chi connectivity index (χ2n) is 9.35. The van der Waals surface area contributed by atoms with Crippen LogP contribution in [0.3, 0.4) is 0 Å². The summed E-state index contributed by atoms with van der Waals surface area (Å²) in [4.78, 5) is 2.17. The molecule has 192 valence electrons. The van der Waals surface area contributed by atoms with E-state index >= 15 is 0 Å². The van der Waals surface area contributed by atoms with Crippen molar-refractivity contribution in [1.82, 2.24) is 0 Å². The molecule has 0 bridgehead atoms. The monoisotopic (exact) mass is 497 g/mol. The van der Waals surface area contributed by atoms with Gasteiger partial charge >= 0.3 is 0 Å². The number of rotatable bonds is 10. The molecule has 2 aromatic rings. The number of benzene rings is 2. The Balaban J connectivity index is 1.76. The number of ether oxygens (including phenoxy) is 1. The summed E-state index contributed by atoms with van der Waals surface area (Å²) in [5.41, 5.74) is 1.68. The molecule has 4 nitrogen and oxygen atoms in total. The fourth-order valence-electron chi connectivity index (χ4n) is 4.91. The molecular weight excluding hydrogens is 463 g/mol. The van der Waals surface area contributed by atoms with E-state index in [2.05, 4.69) is 11.8 Å². The fraction of sp³-hybridized carbons (Fsp3) is 0.448. The summed E-state index contributed by atoms with van der Waals surface area (Å²) >= 11 is 0. The van der Waals surface area contributed by atoms with Crippen LogP contribution in [-0.2, 0) is 4.74 Å². The van der Waals surface area contributed by atoms with Gasteiger partial charge in [-0.1, -0.05) is 38.3 Å². The predicted octanol–water partition coefficient (Wildman–Crippen LogP) is 7.31. The molecule has 2 unspecified atom stereocenters. The van der Waals surface area contributed by atoms with Gasteiger partial charge in [-0.25, -0.2) is 13.2 Å². The topological polar surface area (TPSA) is 60.1 Å². The van der Waals surface area contributed by atoms with Gasteiger partial charge in [0.2, 0.25) is 0 Å². The Hall–Kier alpha value is -3.11. The number of hydrogen-bond donors (Lipinski definition) is 1. The summed E-state index contributed by atoms with van der Waals surface area (Å²) in [6.45, 7) is 6.77. The minimum Gasteiger partial charge on any atom is -0.373 e. The van der Waals surface area contributed by atoms with Crippen molar-refractivity contribution in [1.29, 1.82) is 10.7 Å². The van der Waals surface area contributed by atoms with Gasteiger partial charge in [0.25, 0.3) is 0 Å². The van der Waals surface area contributed by atoms with Crippen molar-refractivity contribution in [3.8, 4) is 6.07 Å². The third-order valence-corrected chi connectivity index (χ3v) is 6.81. The summed E-state index contributed by atoms with van der Waals surface area (Å²) in [6.07, 6.45) is 4.72. The van der Waals surface area contributed by atoms with Gasteiger partial charge in [-0.2, -0.15) is 5.26 Å². The van der Waals surface area contributed by atoms with Gasteiger partial charge in [0.05, 0.1) is 29.5 Å². The SMILES string of the molecule is CCC/C(C)=C(\COC1CCN(c2ccc(C#N)c(F)c2)C(CCC)C1)C(=N)c1c(F)cccc1F. The molecule has 0 spiro atoms. The largest absolute Gasteiger partial charge is 0.373 e. The highest BCUT2D eigenvalue weighted by Crippen LogP contribution is 2.31. The van der Waals surface area contributed by atoms with Crippen LogP contribution in [0.1, 0.15) is 70.4 Å². The van der Waals surface area contributed by atoms with Crippen LogP contribution in [0.25, 0.3) is 0 Å². The van der Waals surface area contributed by atoms with Crippen LogP contribution in [0.2, 0.25) is 0 Å². The van der Waals surface area contributed by atoms with Gasteiger partial charge < -0.3 is 9.64 Å². The van der Waals surface area contributed by atoms with E-state index in [-0.39, 0.29) is 35.6 Å². The maximum Gasteiger partial charge on any atom is 0.143 e. The molecule has 0 saturated carbocycles. The molecule has 1 aliphatic rings. The lowest BCUT2D eigenvalue weighted by atomic mass is 9.94. The molecule has 1 heterocycles. The minimum atomic E-state index is -0.757. The third-order valence-electron chi connectivity index (χ3n) is 6.81. The normalized spacial score (nSPS) is 18.5. The Kier molecular flexibility index (Phi) is 9.72. The van der Waals surface area contributed by atoms with Gasteiger partial charge in [-0.15, -0.1) is 0 Å². The average molecular weight is 498 g/mol. The summed E-state index contributed by atoms with van der Waals surface area (Å²) in [6, 6.07) is 10.3. The molecule has 2 aromatic carbocycles. The van der Waals surface area contributed by atoms with Crippen LogP contribution in [0.15, 0.2) is 47.5 Å². The van der Waals surface area contributed by atoms with Crippen molar-refractivity contribution < 1.29 is 17.9 Å². The summed E-state index contributed by atoms with van der Waals surface area (Å²) in [7, 11) is 0. The Bertz CT molecular complexity index is 1130. The Morgan fingerprint density at radius 2 is 1.83 bits per heavy atom. The molecule has 0 radical (unpaired) electrons. The molecular formula is C29H34F3N3O. The quantitative estimate of drug-likeness (QED) is 0.350. The van der Waals surface area contributed by atoms with Crippen LogP contribution in [0.5, 0.6) is 0 Å². The second-order valence-corrected chi connectivity index (χ2v) is 9.35. The van der Waals surface area contributed by atoms with E-state index < -0.39 is 17.5 Å². The van der Waals surface area contributed by atoms with Crippen LogP contribution in [0.4, 0.5) is 18.9 Å². The number of anilines is 1. The summed E-state index contributed by atoms with van der Waals surface area (Å²) in [5.74, 6) is -2.04. The number of nitrogens with one attached hydrogen (secondary N) is 1. The van der Waals surface area contributed by atoms with Gasteiger partial charge in [0, 0.05) is 23.8 Å². The minimum absolute atomic E-state index is 0.0273. The highest BCUT2D eigenvalue weighted by molar-refractivity contribution is 6.11. The number of piperidine rings is 1. The zero-order chi connectivity index (χ0) is 26.2. The maximum atomic E-state index is 14.4. The first kappa shape index (κ1) is 27.5. The first-order valence-corrected chi connectivity index (χ1v) is 12.6. The zero-order valence-electron chi connectivity index (χ0n) is 21.2. The summed E-state index contributed by atoms with van der Waals surface area (Å²) < 4.78 is 49.4. The molecule has 36 heavy (non-hydrogen) atoms. The third kappa shape index (κ3) is 6.36. The lowest BCUT2D eigenvalue weighted by Gasteiger charge is -2.41. The molecule has 3 rings (SSSR count). The van der Waals surface area contributed by atoms with Crippen LogP contribution in [-0.4, -0.2) is 31.0 Å². The summed E-state index contributed by atoms with van der Waals surface area (Å²) in [5, 5.41) is 17.6. The van der Waals surface area contributed by atoms with E-state index in [1.165, 1.54) is 18.2 Å². The van der Waals surface area contributed by atoms with Crippen molar-refractivity contribution in [3.63, 3.8) is 0 Å². The molecule has 2 atom stereocenters. The predicted molar refractivity (Wildman–Crippen MR) is 137 cm³/mol. The first-order chi connectivity index (χ1) is 17.3. The van der Waals surface area contributed by atoms with E-state index in [1.54, 1.807) is 6.07 Å². The molecule has 7 heteroatoms. The van der Waals surface area contributed by atoms with Crippen molar-refractivity contribution >= 4 is 11.4 Å². The van der Waals surface area contributed by atoms with Crippen LogP contribution >= 0.6 is 0 Å². The smallest absolute Gasteiger partial charge is 0.143 e. The van der Waals surface area contributed by atoms with Crippen molar-refractivity contribution in [3.05, 3.63) is 76.1 Å². The van der Waals surface area contributed by atoms with Crippen molar-refractivity contribution in [2.45, 2.75) is 71.4 Å². The van der Waals surface area contributed by atoms with E-state index in [0.29, 0.717) is 25.0 Å². The Morgan fingerprint density at radius 1 is 1.11 bits per heavy atom.